The number of H-pyrrole nitrogens is 1. The highest BCUT2D eigenvalue weighted by Gasteiger charge is 2.26. The van der Waals surface area contributed by atoms with Gasteiger partial charge in [-0.05, 0) is 49.1 Å². The van der Waals surface area contributed by atoms with Crippen LogP contribution in [0.3, 0.4) is 0 Å². The maximum Gasteiger partial charge on any atom is 0.242 e. The molecule has 2 aromatic heterocycles. The number of nitrogens with one attached hydrogen (secondary N) is 2. The Morgan fingerprint density at radius 2 is 2.22 bits per heavy atom. The molecule has 1 aromatic carbocycles. The van der Waals surface area contributed by atoms with Gasteiger partial charge in [0.15, 0.2) is 0 Å². The zero-order valence-electron chi connectivity index (χ0n) is 14.9. The molecule has 3 heterocycles. The Bertz CT molecular complexity index is 1080. The fourth-order valence-electron chi connectivity index (χ4n) is 3.60. The third-order valence-corrected chi connectivity index (χ3v) is 6.76. The van der Waals surface area contributed by atoms with Crippen LogP contribution in [0, 0.1) is 12.8 Å². The summed E-state index contributed by atoms with van der Waals surface area (Å²) in [5.74, 6) is 0.251. The van der Waals surface area contributed by atoms with E-state index in [1.54, 1.807) is 18.3 Å². The maximum absolute atomic E-state index is 12.7. The van der Waals surface area contributed by atoms with E-state index >= 15 is 0 Å². The van der Waals surface area contributed by atoms with Gasteiger partial charge in [-0.3, -0.25) is 0 Å². The molecule has 2 N–H and O–H groups in total. The molecule has 1 atom stereocenters. The highest BCUT2D eigenvalue weighted by molar-refractivity contribution is 7.89. The standard InChI is InChI=1S/C19H21ClN4O2S/c1-13-4-5-15(20)9-17(13)24-8-6-14(12-24)10-23-27(25,26)18-11-22-19-16(18)3-2-7-21-19/h2-5,7,9,11,14,23H,6,8,10,12H2,1H3,(H,21,22). The van der Waals surface area contributed by atoms with Crippen LogP contribution >= 0.6 is 11.6 Å². The van der Waals surface area contributed by atoms with E-state index in [2.05, 4.69) is 26.5 Å². The summed E-state index contributed by atoms with van der Waals surface area (Å²) >= 11 is 6.13. The second kappa shape index (κ2) is 7.14. The predicted octanol–water partition coefficient (Wildman–Crippen LogP) is 3.33. The average molecular weight is 405 g/mol. The Morgan fingerprint density at radius 1 is 1.37 bits per heavy atom. The minimum Gasteiger partial charge on any atom is -0.371 e. The lowest BCUT2D eigenvalue weighted by Gasteiger charge is -2.21. The molecule has 8 heteroatoms. The minimum absolute atomic E-state index is 0.242. The van der Waals surface area contributed by atoms with Gasteiger partial charge in [-0.25, -0.2) is 18.1 Å². The predicted molar refractivity (Wildman–Crippen MR) is 108 cm³/mol. The summed E-state index contributed by atoms with van der Waals surface area (Å²) < 4.78 is 28.2. The Hall–Kier alpha value is -2.09. The van der Waals surface area contributed by atoms with Crippen molar-refractivity contribution in [3.05, 3.63) is 53.3 Å². The van der Waals surface area contributed by atoms with Crippen molar-refractivity contribution < 1.29 is 8.42 Å². The van der Waals surface area contributed by atoms with Crippen LogP contribution in [0.4, 0.5) is 5.69 Å². The van der Waals surface area contributed by atoms with Crippen LogP contribution in [0.5, 0.6) is 0 Å². The van der Waals surface area contributed by atoms with E-state index in [4.69, 9.17) is 11.6 Å². The van der Waals surface area contributed by atoms with Gasteiger partial charge in [-0.1, -0.05) is 17.7 Å². The second-order valence-corrected chi connectivity index (χ2v) is 9.11. The fraction of sp³-hybridized carbons (Fsp3) is 0.316. The number of hydrogen-bond donors (Lipinski definition) is 2. The molecule has 1 aliphatic heterocycles. The molecule has 0 aliphatic carbocycles. The summed E-state index contributed by atoms with van der Waals surface area (Å²) in [4.78, 5) is 9.57. The van der Waals surface area contributed by atoms with Gasteiger partial charge in [-0.2, -0.15) is 0 Å². The lowest BCUT2D eigenvalue weighted by molar-refractivity contribution is 0.542. The molecular weight excluding hydrogens is 384 g/mol. The number of halogens is 1. The third kappa shape index (κ3) is 3.67. The van der Waals surface area contributed by atoms with Gasteiger partial charge in [-0.15, -0.1) is 0 Å². The lowest BCUT2D eigenvalue weighted by Crippen LogP contribution is -2.31. The molecule has 3 aromatic rings. The first-order chi connectivity index (χ1) is 12.9. The molecule has 0 radical (unpaired) electrons. The minimum atomic E-state index is -3.59. The molecule has 27 heavy (non-hydrogen) atoms. The number of nitrogens with zero attached hydrogens (tertiary/aromatic N) is 2. The van der Waals surface area contributed by atoms with Crippen molar-refractivity contribution in [3.8, 4) is 0 Å². The second-order valence-electron chi connectivity index (χ2n) is 6.94. The Labute approximate surface area is 163 Å². The topological polar surface area (TPSA) is 78.1 Å². The number of sulfonamides is 1. The fourth-order valence-corrected chi connectivity index (χ4v) is 5.05. The zero-order chi connectivity index (χ0) is 19.0. The van der Waals surface area contributed by atoms with Crippen molar-refractivity contribution in [2.45, 2.75) is 18.2 Å². The van der Waals surface area contributed by atoms with Gasteiger partial charge in [0.25, 0.3) is 0 Å². The van der Waals surface area contributed by atoms with Crippen LogP contribution in [-0.4, -0.2) is 38.0 Å². The highest BCUT2D eigenvalue weighted by atomic mass is 35.5. The van der Waals surface area contributed by atoms with Gasteiger partial charge in [0.1, 0.15) is 10.5 Å². The van der Waals surface area contributed by atoms with Crippen molar-refractivity contribution >= 4 is 38.3 Å². The van der Waals surface area contributed by atoms with E-state index in [1.165, 1.54) is 11.8 Å². The number of rotatable bonds is 5. The number of hydrogen-bond acceptors (Lipinski definition) is 4. The van der Waals surface area contributed by atoms with E-state index in [9.17, 15) is 8.42 Å². The summed E-state index contributed by atoms with van der Waals surface area (Å²) in [6, 6.07) is 9.36. The van der Waals surface area contributed by atoms with Crippen LogP contribution in [-0.2, 0) is 10.0 Å². The summed E-state index contributed by atoms with van der Waals surface area (Å²) in [7, 11) is -3.59. The average Bonchev–Trinajstić information content (AvgIpc) is 3.29. The van der Waals surface area contributed by atoms with E-state index in [0.717, 1.165) is 25.2 Å². The molecule has 1 fully saturated rings. The number of anilines is 1. The van der Waals surface area contributed by atoms with E-state index < -0.39 is 10.0 Å². The first-order valence-corrected chi connectivity index (χ1v) is 10.7. The first-order valence-electron chi connectivity index (χ1n) is 8.87. The van der Waals surface area contributed by atoms with Crippen LogP contribution in [0.25, 0.3) is 11.0 Å². The molecule has 0 saturated carbocycles. The Morgan fingerprint density at radius 3 is 3.07 bits per heavy atom. The van der Waals surface area contributed by atoms with Gasteiger partial charge >= 0.3 is 0 Å². The summed E-state index contributed by atoms with van der Waals surface area (Å²) in [6.07, 6.45) is 4.06. The molecule has 1 aliphatic rings. The number of pyridine rings is 1. The molecule has 142 valence electrons. The number of fused-ring (bicyclic) bond motifs is 1. The first kappa shape index (κ1) is 18.3. The molecule has 4 rings (SSSR count). The van der Waals surface area contributed by atoms with Crippen LogP contribution in [0.1, 0.15) is 12.0 Å². The normalized spacial score (nSPS) is 17.7. The smallest absolute Gasteiger partial charge is 0.242 e. The largest absolute Gasteiger partial charge is 0.371 e. The van der Waals surface area contributed by atoms with Gasteiger partial charge in [0.2, 0.25) is 10.0 Å². The quantitative estimate of drug-likeness (QED) is 0.683. The van der Waals surface area contributed by atoms with Crippen molar-refractivity contribution in [2.24, 2.45) is 5.92 Å². The zero-order valence-corrected chi connectivity index (χ0v) is 16.5. The summed E-state index contributed by atoms with van der Waals surface area (Å²) in [6.45, 7) is 4.17. The molecule has 0 amide bonds. The van der Waals surface area contributed by atoms with E-state index in [-0.39, 0.29) is 10.8 Å². The molecule has 1 saturated heterocycles. The SMILES string of the molecule is Cc1ccc(Cl)cc1N1CCC(CNS(=O)(=O)c2c[nH]c3ncccc23)C1. The number of aromatic nitrogens is 2. The molecule has 0 bridgehead atoms. The Kier molecular flexibility index (Phi) is 4.84. The molecule has 6 nitrogen and oxygen atoms in total. The summed E-state index contributed by atoms with van der Waals surface area (Å²) in [5.41, 5.74) is 2.86. The van der Waals surface area contributed by atoms with Crippen molar-refractivity contribution in [3.63, 3.8) is 0 Å². The summed E-state index contributed by atoms with van der Waals surface area (Å²) in [5, 5.41) is 1.32. The third-order valence-electron chi connectivity index (χ3n) is 5.06. The van der Waals surface area contributed by atoms with Crippen LogP contribution in [0.15, 0.2) is 47.6 Å². The van der Waals surface area contributed by atoms with Crippen LogP contribution < -0.4 is 9.62 Å². The number of aryl methyl sites for hydroxylation is 1. The highest BCUT2D eigenvalue weighted by Crippen LogP contribution is 2.29. The van der Waals surface area contributed by atoms with Crippen LogP contribution in [0.2, 0.25) is 5.02 Å². The number of benzene rings is 1. The Balaban J connectivity index is 1.44. The molecule has 0 spiro atoms. The van der Waals surface area contributed by atoms with Crippen molar-refractivity contribution in [1.29, 1.82) is 0 Å². The number of aromatic amines is 1. The molecule has 1 unspecified atom stereocenters. The molecular formula is C19H21ClN4O2S. The van der Waals surface area contributed by atoms with Crippen molar-refractivity contribution in [1.82, 2.24) is 14.7 Å². The van der Waals surface area contributed by atoms with Gasteiger partial charge < -0.3 is 9.88 Å². The van der Waals surface area contributed by atoms with Gasteiger partial charge in [0.05, 0.1) is 0 Å². The van der Waals surface area contributed by atoms with E-state index in [0.29, 0.717) is 22.6 Å². The monoisotopic (exact) mass is 404 g/mol. The van der Waals surface area contributed by atoms with Crippen molar-refractivity contribution in [2.75, 3.05) is 24.5 Å². The van der Waals surface area contributed by atoms with Gasteiger partial charge in [0, 0.05) is 48.1 Å². The van der Waals surface area contributed by atoms with E-state index in [1.807, 2.05) is 18.2 Å². The maximum atomic E-state index is 12.7. The lowest BCUT2D eigenvalue weighted by atomic mass is 10.1.